The molecule has 0 aliphatic heterocycles. The topological polar surface area (TPSA) is 55.4 Å². The Labute approximate surface area is 118 Å². The van der Waals surface area contributed by atoms with Gasteiger partial charge in [-0.05, 0) is 24.3 Å². The maximum absolute atomic E-state index is 11.8. The Bertz CT molecular complexity index is 541. The van der Waals surface area contributed by atoms with Gasteiger partial charge < -0.3 is 10.1 Å². The summed E-state index contributed by atoms with van der Waals surface area (Å²) in [5.41, 5.74) is 0.973. The van der Waals surface area contributed by atoms with Crippen molar-refractivity contribution in [1.29, 1.82) is 0 Å². The minimum absolute atomic E-state index is 0.238. The Morgan fingerprint density at radius 3 is 2.40 bits per heavy atom. The van der Waals surface area contributed by atoms with Gasteiger partial charge in [0.25, 0.3) is 0 Å². The van der Waals surface area contributed by atoms with Crippen molar-refractivity contribution in [2.24, 2.45) is 0 Å². The van der Waals surface area contributed by atoms with E-state index >= 15 is 0 Å². The minimum atomic E-state index is -0.378. The van der Waals surface area contributed by atoms with E-state index in [1.165, 1.54) is 18.2 Å². The van der Waals surface area contributed by atoms with Gasteiger partial charge in [-0.25, -0.2) is 0 Å². The van der Waals surface area contributed by atoms with Gasteiger partial charge >= 0.3 is 0 Å². The first-order valence-electron chi connectivity index (χ1n) is 6.03. The summed E-state index contributed by atoms with van der Waals surface area (Å²) >= 11 is 0. The second-order valence-electron chi connectivity index (χ2n) is 3.94. The van der Waals surface area contributed by atoms with E-state index in [1.54, 1.807) is 31.4 Å². The number of hydrogen-bond acceptors (Lipinski definition) is 3. The van der Waals surface area contributed by atoms with E-state index in [1.807, 2.05) is 0 Å². The lowest BCUT2D eigenvalue weighted by atomic mass is 10.1. The van der Waals surface area contributed by atoms with Crippen molar-refractivity contribution in [3.05, 3.63) is 61.2 Å². The molecule has 0 unspecified atom stereocenters. The van der Waals surface area contributed by atoms with Crippen LogP contribution < -0.4 is 10.1 Å². The summed E-state index contributed by atoms with van der Waals surface area (Å²) in [4.78, 5) is 23.5. The molecule has 1 aromatic rings. The zero-order chi connectivity index (χ0) is 15.0. The van der Waals surface area contributed by atoms with E-state index in [0.717, 1.165) is 0 Å². The average Bonchev–Trinajstić information content (AvgIpc) is 2.45. The summed E-state index contributed by atoms with van der Waals surface area (Å²) in [5, 5.41) is 2.64. The number of methoxy groups -OCH3 is 1. The summed E-state index contributed by atoms with van der Waals surface area (Å²) in [6.07, 6.45) is 4.18. The zero-order valence-electron chi connectivity index (χ0n) is 11.4. The van der Waals surface area contributed by atoms with Crippen LogP contribution in [0, 0.1) is 0 Å². The highest BCUT2D eigenvalue weighted by Crippen LogP contribution is 2.15. The number of Topliss-reactive ketones (excluding diaryl/α,β-unsaturated/α-hetero) is 1. The van der Waals surface area contributed by atoms with E-state index in [2.05, 4.69) is 18.5 Å². The fourth-order valence-corrected chi connectivity index (χ4v) is 1.53. The average molecular weight is 271 g/mol. The Hall–Kier alpha value is -2.62. The lowest BCUT2D eigenvalue weighted by molar-refractivity contribution is -0.123. The molecule has 0 saturated heterocycles. The number of ketones is 1. The predicted octanol–water partition coefficient (Wildman–Crippen LogP) is 2.89. The van der Waals surface area contributed by atoms with E-state index in [4.69, 9.17) is 4.74 Å². The van der Waals surface area contributed by atoms with E-state index in [-0.39, 0.29) is 18.1 Å². The first kappa shape index (κ1) is 15.4. The maximum atomic E-state index is 11.8. The van der Waals surface area contributed by atoms with Crippen LogP contribution in [0.25, 0.3) is 0 Å². The molecule has 20 heavy (non-hydrogen) atoms. The number of rotatable bonds is 7. The molecule has 0 radical (unpaired) electrons. The van der Waals surface area contributed by atoms with Crippen LogP contribution in [0.4, 0.5) is 5.69 Å². The number of carbonyl (C=O) groups excluding carboxylic acids is 2. The molecule has 0 aliphatic rings. The molecular formula is C16H17NO3. The SMILES string of the molecule is C=C/C=C(\C=C)C(=O)CC(=O)Nc1ccc(OC)cc1. The third-order valence-electron chi connectivity index (χ3n) is 2.53. The number of nitrogens with one attached hydrogen (secondary N) is 1. The summed E-state index contributed by atoms with van der Waals surface area (Å²) < 4.78 is 5.02. The van der Waals surface area contributed by atoms with E-state index < -0.39 is 0 Å². The van der Waals surface area contributed by atoms with Crippen LogP contribution in [0.15, 0.2) is 61.2 Å². The lowest BCUT2D eigenvalue weighted by Gasteiger charge is -2.06. The van der Waals surface area contributed by atoms with E-state index in [9.17, 15) is 9.59 Å². The van der Waals surface area contributed by atoms with Gasteiger partial charge in [0.05, 0.1) is 13.5 Å². The van der Waals surface area contributed by atoms with Gasteiger partial charge in [-0.3, -0.25) is 9.59 Å². The Kier molecular flexibility index (Phi) is 5.97. The lowest BCUT2D eigenvalue weighted by Crippen LogP contribution is -2.17. The molecular weight excluding hydrogens is 254 g/mol. The number of carbonyl (C=O) groups is 2. The fourth-order valence-electron chi connectivity index (χ4n) is 1.53. The Morgan fingerprint density at radius 2 is 1.90 bits per heavy atom. The molecule has 0 atom stereocenters. The van der Waals surface area contributed by atoms with Crippen LogP contribution in [0.3, 0.4) is 0 Å². The third kappa shape index (κ3) is 4.57. The highest BCUT2D eigenvalue weighted by molar-refractivity contribution is 6.11. The fraction of sp³-hybridized carbons (Fsp3) is 0.125. The molecule has 0 aromatic heterocycles. The third-order valence-corrected chi connectivity index (χ3v) is 2.53. The molecule has 0 fully saturated rings. The van der Waals surface area contributed by atoms with Gasteiger partial charge in [-0.1, -0.05) is 31.4 Å². The van der Waals surface area contributed by atoms with Crippen LogP contribution in [0.5, 0.6) is 5.75 Å². The normalized spacial score (nSPS) is 10.6. The van der Waals surface area contributed by atoms with Crippen LogP contribution in [0.1, 0.15) is 6.42 Å². The van der Waals surface area contributed by atoms with Gasteiger partial charge in [0, 0.05) is 11.3 Å². The zero-order valence-corrected chi connectivity index (χ0v) is 11.4. The summed E-state index contributed by atoms with van der Waals surface area (Å²) in [6, 6.07) is 6.86. The van der Waals surface area contributed by atoms with Crippen molar-refractivity contribution < 1.29 is 14.3 Å². The molecule has 0 heterocycles. The minimum Gasteiger partial charge on any atom is -0.497 e. The van der Waals surface area contributed by atoms with Crippen molar-refractivity contribution in [2.75, 3.05) is 12.4 Å². The number of benzene rings is 1. The smallest absolute Gasteiger partial charge is 0.232 e. The van der Waals surface area contributed by atoms with Crippen molar-refractivity contribution in [3.63, 3.8) is 0 Å². The highest BCUT2D eigenvalue weighted by atomic mass is 16.5. The van der Waals surface area contributed by atoms with Crippen molar-refractivity contribution in [1.82, 2.24) is 0 Å². The molecule has 1 N–H and O–H groups in total. The summed E-state index contributed by atoms with van der Waals surface area (Å²) in [6.45, 7) is 7.03. The van der Waals surface area contributed by atoms with Crippen LogP contribution in [-0.4, -0.2) is 18.8 Å². The number of anilines is 1. The first-order chi connectivity index (χ1) is 9.60. The number of hydrogen-bond donors (Lipinski definition) is 1. The quantitative estimate of drug-likeness (QED) is 0.471. The van der Waals surface area contributed by atoms with Crippen LogP contribution in [-0.2, 0) is 9.59 Å². The first-order valence-corrected chi connectivity index (χ1v) is 6.03. The maximum Gasteiger partial charge on any atom is 0.232 e. The summed E-state index contributed by atoms with van der Waals surface area (Å²) in [7, 11) is 1.56. The van der Waals surface area contributed by atoms with Crippen molar-refractivity contribution in [2.45, 2.75) is 6.42 Å². The number of amides is 1. The van der Waals surface area contributed by atoms with Gasteiger partial charge in [-0.2, -0.15) is 0 Å². The van der Waals surface area contributed by atoms with E-state index in [0.29, 0.717) is 17.0 Å². The number of ether oxygens (including phenoxy) is 1. The molecule has 0 spiro atoms. The van der Waals surface area contributed by atoms with Crippen LogP contribution in [0.2, 0.25) is 0 Å². The monoisotopic (exact) mass is 271 g/mol. The molecule has 4 heteroatoms. The molecule has 104 valence electrons. The van der Waals surface area contributed by atoms with Gasteiger partial charge in [0.1, 0.15) is 5.75 Å². The highest BCUT2D eigenvalue weighted by Gasteiger charge is 2.12. The Morgan fingerprint density at radius 1 is 1.25 bits per heavy atom. The molecule has 4 nitrogen and oxygen atoms in total. The van der Waals surface area contributed by atoms with Gasteiger partial charge in [0.2, 0.25) is 5.91 Å². The summed E-state index contributed by atoms with van der Waals surface area (Å²) in [5.74, 6) is 0.0184. The molecule has 0 bridgehead atoms. The largest absolute Gasteiger partial charge is 0.497 e. The second kappa shape index (κ2) is 7.74. The predicted molar refractivity (Wildman–Crippen MR) is 79.7 cm³/mol. The Balaban J connectivity index is 2.62. The van der Waals surface area contributed by atoms with Crippen molar-refractivity contribution >= 4 is 17.4 Å². The molecule has 0 saturated carbocycles. The molecule has 1 aromatic carbocycles. The van der Waals surface area contributed by atoms with Crippen LogP contribution >= 0.6 is 0 Å². The molecule has 1 amide bonds. The standard InChI is InChI=1S/C16H17NO3/c1-4-6-12(5-2)15(18)11-16(19)17-13-7-9-14(20-3)10-8-13/h4-10H,1-2,11H2,3H3,(H,17,19)/b12-6+. The van der Waals surface area contributed by atoms with Gasteiger partial charge in [0.15, 0.2) is 5.78 Å². The van der Waals surface area contributed by atoms with Crippen molar-refractivity contribution in [3.8, 4) is 5.75 Å². The van der Waals surface area contributed by atoms with Gasteiger partial charge in [-0.15, -0.1) is 0 Å². The number of allylic oxidation sites excluding steroid dienone is 4. The molecule has 1 rings (SSSR count). The molecule has 0 aliphatic carbocycles. The second-order valence-corrected chi connectivity index (χ2v) is 3.94.